The van der Waals surface area contributed by atoms with Crippen LogP contribution in [-0.2, 0) is 0 Å². The van der Waals surface area contributed by atoms with E-state index in [4.69, 9.17) is 4.98 Å². The predicted octanol–water partition coefficient (Wildman–Crippen LogP) is 18.6. The summed E-state index contributed by atoms with van der Waals surface area (Å²) in [4.78, 5) is 5.07. The van der Waals surface area contributed by atoms with Crippen LogP contribution in [0.4, 0.5) is 0 Å². The van der Waals surface area contributed by atoms with E-state index in [1.54, 1.807) is 5.56 Å². The van der Waals surface area contributed by atoms with E-state index in [1.165, 1.54) is 147 Å². The lowest BCUT2D eigenvalue weighted by Gasteiger charge is -2.25. The average molecular weight is 928 g/mol. The summed E-state index contributed by atoms with van der Waals surface area (Å²) in [5, 5.41) is 10.3. The van der Waals surface area contributed by atoms with Crippen molar-refractivity contribution in [3.8, 4) is 66.8 Å². The summed E-state index contributed by atoms with van der Waals surface area (Å²) in [6, 6.07) is 76.6. The van der Waals surface area contributed by atoms with Gasteiger partial charge < -0.3 is 0 Å². The number of pyridine rings is 1. The van der Waals surface area contributed by atoms with Gasteiger partial charge in [0.15, 0.2) is 0 Å². The Bertz CT molecular complexity index is 3870. The van der Waals surface area contributed by atoms with Crippen LogP contribution in [0.25, 0.3) is 110 Å². The first kappa shape index (κ1) is 42.5. The molecule has 71 heavy (non-hydrogen) atoms. The molecule has 1 nitrogen and oxygen atoms in total. The lowest BCUT2D eigenvalue weighted by atomic mass is 9.78. The first-order chi connectivity index (χ1) is 34.8. The van der Waals surface area contributed by atoms with Crippen molar-refractivity contribution in [2.24, 2.45) is 11.8 Å². The molecule has 4 unspecified atom stereocenters. The molecule has 10 aromatic carbocycles. The van der Waals surface area contributed by atoms with E-state index in [2.05, 4.69) is 220 Å². The lowest BCUT2D eigenvalue weighted by Crippen LogP contribution is -2.37. The van der Waals surface area contributed by atoms with Crippen molar-refractivity contribution < 1.29 is 0 Å². The van der Waals surface area contributed by atoms with Crippen LogP contribution in [0.2, 0.25) is 19.6 Å². The fraction of sp³-hybridized carbons (Fsp3) is 0.174. The molecule has 4 bridgehead atoms. The number of para-hydroxylation sites is 1. The fourth-order valence-corrected chi connectivity index (χ4v) is 14.9. The zero-order chi connectivity index (χ0) is 47.4. The van der Waals surface area contributed by atoms with Crippen molar-refractivity contribution in [3.63, 3.8) is 0 Å². The molecule has 342 valence electrons. The Hall–Kier alpha value is -7.39. The minimum Gasteiger partial charge on any atom is -0.256 e. The van der Waals surface area contributed by atoms with E-state index in [-0.39, 0.29) is 0 Å². The largest absolute Gasteiger partial charge is 0.256 e. The summed E-state index contributed by atoms with van der Waals surface area (Å²) < 4.78 is 0. The normalized spacial score (nSPS) is 18.4. The molecule has 0 radical (unpaired) electrons. The third-order valence-corrected chi connectivity index (χ3v) is 19.2. The van der Waals surface area contributed by atoms with Crippen LogP contribution in [0, 0.1) is 11.8 Å². The highest BCUT2D eigenvalue weighted by molar-refractivity contribution is 6.88. The number of hydrogen-bond acceptors (Lipinski definition) is 1. The van der Waals surface area contributed by atoms with Gasteiger partial charge in [-0.15, -0.1) is 0 Å². The van der Waals surface area contributed by atoms with Crippen LogP contribution in [0.15, 0.2) is 206 Å². The van der Waals surface area contributed by atoms with E-state index in [0.717, 1.165) is 17.4 Å². The minimum absolute atomic E-state index is 0.531. The van der Waals surface area contributed by atoms with Crippen LogP contribution in [0.1, 0.15) is 55.1 Å². The van der Waals surface area contributed by atoms with E-state index in [1.807, 2.05) is 6.20 Å². The summed E-state index contributed by atoms with van der Waals surface area (Å²) in [6.45, 7) is 7.25. The second-order valence-electron chi connectivity index (χ2n) is 22.2. The van der Waals surface area contributed by atoms with Gasteiger partial charge in [0.2, 0.25) is 0 Å². The number of aromatic nitrogens is 1. The molecule has 1 aromatic heterocycles. The molecule has 0 N–H and O–H groups in total. The Morgan fingerprint density at radius 3 is 1.75 bits per heavy atom. The Kier molecular flexibility index (Phi) is 9.94. The molecular formula is C69H57NSi. The molecule has 2 fully saturated rings. The molecular weight excluding hydrogens is 871 g/mol. The molecule has 2 saturated carbocycles. The zero-order valence-electron chi connectivity index (χ0n) is 40.9. The molecule has 4 atom stereocenters. The van der Waals surface area contributed by atoms with Crippen molar-refractivity contribution in [2.45, 2.75) is 63.6 Å². The summed E-state index contributed by atoms with van der Waals surface area (Å²) in [5.74, 6) is 2.74. The van der Waals surface area contributed by atoms with Crippen molar-refractivity contribution in [2.75, 3.05) is 0 Å². The van der Waals surface area contributed by atoms with Gasteiger partial charge in [-0.3, -0.25) is 4.98 Å². The van der Waals surface area contributed by atoms with Crippen molar-refractivity contribution in [3.05, 3.63) is 218 Å². The maximum absolute atomic E-state index is 5.07. The summed E-state index contributed by atoms with van der Waals surface area (Å²) in [5.41, 5.74) is 19.7. The lowest BCUT2D eigenvalue weighted by molar-refractivity contribution is 0.407. The van der Waals surface area contributed by atoms with Gasteiger partial charge in [0, 0.05) is 17.1 Å². The minimum atomic E-state index is -1.39. The van der Waals surface area contributed by atoms with Crippen molar-refractivity contribution in [1.29, 1.82) is 0 Å². The zero-order valence-corrected chi connectivity index (χ0v) is 41.9. The van der Waals surface area contributed by atoms with Gasteiger partial charge in [0.25, 0.3) is 0 Å². The highest BCUT2D eigenvalue weighted by Gasteiger charge is 2.42. The van der Waals surface area contributed by atoms with E-state index in [9.17, 15) is 0 Å². The first-order valence-electron chi connectivity index (χ1n) is 26.1. The second-order valence-corrected chi connectivity index (χ2v) is 27.3. The Morgan fingerprint density at radius 2 is 1.00 bits per heavy atom. The van der Waals surface area contributed by atoms with E-state index in [0.29, 0.717) is 11.8 Å². The molecule has 15 rings (SSSR count). The number of benzene rings is 10. The average Bonchev–Trinajstić information content (AvgIpc) is 3.73. The third kappa shape index (κ3) is 7.13. The number of rotatable bonds is 6. The SMILES string of the molecule is C[Si](C)(C)c1ccc(-c2cccc(-c3c4ccccc4c(-c4ccc5cc(-c6cc(-c7cccc8cccnc78)c7c(c6)C6CCC8CC(C6)CC8c6ccccc6-7)ccc5c4)c4ccccc34)c2)cc1. The predicted molar refractivity (Wildman–Crippen MR) is 305 cm³/mol. The maximum atomic E-state index is 5.07. The van der Waals surface area contributed by atoms with Crippen LogP contribution in [-0.4, -0.2) is 13.1 Å². The van der Waals surface area contributed by atoms with Crippen LogP contribution >= 0.6 is 0 Å². The second kappa shape index (κ2) is 16.6. The van der Waals surface area contributed by atoms with Gasteiger partial charge in [-0.25, -0.2) is 0 Å². The molecule has 4 aliphatic carbocycles. The Morgan fingerprint density at radius 1 is 0.394 bits per heavy atom. The topological polar surface area (TPSA) is 12.9 Å². The summed E-state index contributed by atoms with van der Waals surface area (Å²) >= 11 is 0. The molecule has 0 amide bonds. The fourth-order valence-electron chi connectivity index (χ4n) is 13.7. The molecule has 11 aromatic rings. The van der Waals surface area contributed by atoms with E-state index >= 15 is 0 Å². The quantitative estimate of drug-likeness (QED) is 0.120. The monoisotopic (exact) mass is 927 g/mol. The molecule has 0 spiro atoms. The highest BCUT2D eigenvalue weighted by Crippen LogP contribution is 2.58. The van der Waals surface area contributed by atoms with Gasteiger partial charge >= 0.3 is 0 Å². The molecule has 0 saturated heterocycles. The van der Waals surface area contributed by atoms with Crippen LogP contribution in [0.5, 0.6) is 0 Å². The Labute approximate surface area is 418 Å². The smallest absolute Gasteiger partial charge is 0.0780 e. The van der Waals surface area contributed by atoms with Gasteiger partial charge in [-0.1, -0.05) is 195 Å². The number of hydrogen-bond donors (Lipinski definition) is 0. The van der Waals surface area contributed by atoms with Gasteiger partial charge in [0.1, 0.15) is 0 Å². The molecule has 1 heterocycles. The van der Waals surface area contributed by atoms with Crippen LogP contribution < -0.4 is 5.19 Å². The third-order valence-electron chi connectivity index (χ3n) is 17.1. The van der Waals surface area contributed by atoms with Crippen LogP contribution in [0.3, 0.4) is 0 Å². The highest BCUT2D eigenvalue weighted by atomic mass is 28.3. The van der Waals surface area contributed by atoms with E-state index < -0.39 is 8.07 Å². The molecule has 4 aliphatic rings. The van der Waals surface area contributed by atoms with Gasteiger partial charge in [-0.05, 0) is 191 Å². The number of fused-ring (bicyclic) bond motifs is 5. The summed E-state index contributed by atoms with van der Waals surface area (Å²) in [6.07, 6.45) is 8.55. The number of nitrogens with zero attached hydrogens (tertiary/aromatic N) is 1. The standard InChI is InChI=1S/C69H57NSi/c1-71(2,3)55-32-30-44(31-33-55)46-14-10-15-52(39-46)66-58-19-6-8-21-60(58)67(61-22-9-7-20-59(61)66)53-29-26-47-38-49(25-24-48(47)40-53)54-41-64-51-28-27-50-35-43(36-51)37-63(50)56-17-4-5-18-57(56)68(64)65(42-54)62-23-11-13-45-16-12-34-70-69(45)62/h4-26,29-34,38-43,50-51,63H,27-28,35-37H2,1-3H3. The van der Waals surface area contributed by atoms with Gasteiger partial charge in [-0.2, -0.15) is 0 Å². The maximum Gasteiger partial charge on any atom is 0.0780 e. The van der Waals surface area contributed by atoms with Crippen molar-refractivity contribution in [1.82, 2.24) is 4.98 Å². The van der Waals surface area contributed by atoms with Crippen molar-refractivity contribution >= 4 is 56.5 Å². The molecule has 0 aliphatic heterocycles. The van der Waals surface area contributed by atoms with Gasteiger partial charge in [0.05, 0.1) is 13.6 Å². The Balaban J connectivity index is 0.910. The first-order valence-corrected chi connectivity index (χ1v) is 29.6. The summed E-state index contributed by atoms with van der Waals surface area (Å²) in [7, 11) is -1.39. The molecule has 2 heteroatoms.